The predicted octanol–water partition coefficient (Wildman–Crippen LogP) is 1.41. The van der Waals surface area contributed by atoms with E-state index in [1.807, 2.05) is 0 Å². The van der Waals surface area contributed by atoms with Crippen molar-refractivity contribution in [2.45, 2.75) is 11.8 Å². The van der Waals surface area contributed by atoms with Crippen molar-refractivity contribution < 1.29 is 23.1 Å². The molecule has 6 heteroatoms. The number of carboxylic acid groups (broad SMARTS) is 1. The molecule has 14 heavy (non-hydrogen) atoms. The van der Waals surface area contributed by atoms with Gasteiger partial charge in [0.05, 0.1) is 5.56 Å². The van der Waals surface area contributed by atoms with Crippen LogP contribution in [0.15, 0.2) is 17.0 Å². The van der Waals surface area contributed by atoms with E-state index in [1.165, 1.54) is 6.92 Å². The molecular formula is C8H7FO4S. The van der Waals surface area contributed by atoms with Crippen LogP contribution >= 0.6 is 0 Å². The SMILES string of the molecule is Cc1c(C(=O)O)ccc(S(=O)O)c1F. The summed E-state index contributed by atoms with van der Waals surface area (Å²) in [6.07, 6.45) is 0. The summed E-state index contributed by atoms with van der Waals surface area (Å²) < 4.78 is 32.5. The molecule has 76 valence electrons. The standard InChI is InChI=1S/C8H7FO4S/c1-4-5(8(10)11)2-3-6(7(4)9)14(12)13/h2-3H,1H3,(H,10,11)(H,12,13). The number of hydrogen-bond donors (Lipinski definition) is 2. The average molecular weight is 218 g/mol. The smallest absolute Gasteiger partial charge is 0.336 e. The Balaban J connectivity index is 3.41. The quantitative estimate of drug-likeness (QED) is 0.736. The van der Waals surface area contributed by atoms with Gasteiger partial charge >= 0.3 is 5.97 Å². The fourth-order valence-electron chi connectivity index (χ4n) is 1.03. The Hall–Kier alpha value is -1.27. The minimum atomic E-state index is -2.44. The first kappa shape index (κ1) is 10.8. The summed E-state index contributed by atoms with van der Waals surface area (Å²) in [4.78, 5) is 10.1. The summed E-state index contributed by atoms with van der Waals surface area (Å²) in [5.74, 6) is -2.22. The van der Waals surface area contributed by atoms with E-state index < -0.39 is 27.8 Å². The van der Waals surface area contributed by atoms with Crippen LogP contribution in [0.2, 0.25) is 0 Å². The van der Waals surface area contributed by atoms with Crippen LogP contribution in [0.3, 0.4) is 0 Å². The first-order valence-electron chi connectivity index (χ1n) is 3.58. The summed E-state index contributed by atoms with van der Waals surface area (Å²) in [5, 5.41) is 8.61. The number of aromatic carboxylic acids is 1. The van der Waals surface area contributed by atoms with E-state index in [2.05, 4.69) is 0 Å². The molecule has 1 aromatic carbocycles. The Kier molecular flexibility index (Phi) is 2.97. The van der Waals surface area contributed by atoms with Crippen LogP contribution in [0.4, 0.5) is 4.39 Å². The van der Waals surface area contributed by atoms with Crippen LogP contribution in [0.25, 0.3) is 0 Å². The molecule has 0 saturated carbocycles. The third kappa shape index (κ3) is 1.80. The number of hydrogen-bond acceptors (Lipinski definition) is 2. The van der Waals surface area contributed by atoms with Gasteiger partial charge < -0.3 is 9.66 Å². The number of carboxylic acids is 1. The second-order valence-electron chi connectivity index (χ2n) is 2.60. The van der Waals surface area contributed by atoms with E-state index in [-0.39, 0.29) is 11.1 Å². The van der Waals surface area contributed by atoms with Gasteiger partial charge in [0.2, 0.25) is 0 Å². The molecule has 1 aromatic rings. The van der Waals surface area contributed by atoms with Crippen molar-refractivity contribution in [2.75, 3.05) is 0 Å². The second-order valence-corrected chi connectivity index (χ2v) is 3.54. The van der Waals surface area contributed by atoms with Gasteiger partial charge in [-0.25, -0.2) is 13.4 Å². The Labute approximate surface area is 81.7 Å². The van der Waals surface area contributed by atoms with Crippen LogP contribution in [-0.4, -0.2) is 19.8 Å². The van der Waals surface area contributed by atoms with Gasteiger partial charge in [-0.15, -0.1) is 0 Å². The van der Waals surface area contributed by atoms with Crippen molar-refractivity contribution in [2.24, 2.45) is 0 Å². The van der Waals surface area contributed by atoms with Gasteiger partial charge in [0.25, 0.3) is 0 Å². The van der Waals surface area contributed by atoms with Crippen molar-refractivity contribution in [1.82, 2.24) is 0 Å². The zero-order valence-electron chi connectivity index (χ0n) is 7.15. The Morgan fingerprint density at radius 3 is 2.50 bits per heavy atom. The molecule has 0 aliphatic heterocycles. The van der Waals surface area contributed by atoms with Gasteiger partial charge in [0.1, 0.15) is 10.7 Å². The Bertz CT molecular complexity index is 377. The van der Waals surface area contributed by atoms with E-state index in [4.69, 9.17) is 9.66 Å². The highest BCUT2D eigenvalue weighted by molar-refractivity contribution is 7.79. The molecule has 4 nitrogen and oxygen atoms in total. The number of benzene rings is 1. The first-order valence-corrected chi connectivity index (χ1v) is 4.69. The van der Waals surface area contributed by atoms with Crippen molar-refractivity contribution >= 4 is 17.0 Å². The largest absolute Gasteiger partial charge is 0.478 e. The lowest BCUT2D eigenvalue weighted by Gasteiger charge is -2.04. The fourth-order valence-corrected chi connectivity index (χ4v) is 1.52. The lowest BCUT2D eigenvalue weighted by atomic mass is 10.1. The summed E-state index contributed by atoms with van der Waals surface area (Å²) in [5.41, 5.74) is -0.353. The lowest BCUT2D eigenvalue weighted by molar-refractivity contribution is 0.0695. The minimum absolute atomic E-state index is 0.141. The zero-order valence-corrected chi connectivity index (χ0v) is 7.97. The molecule has 0 saturated heterocycles. The van der Waals surface area contributed by atoms with Gasteiger partial charge in [0.15, 0.2) is 11.1 Å². The van der Waals surface area contributed by atoms with Crippen LogP contribution in [0.5, 0.6) is 0 Å². The molecule has 0 amide bonds. The Morgan fingerprint density at radius 2 is 2.07 bits per heavy atom. The number of carbonyl (C=O) groups is 1. The molecule has 0 spiro atoms. The van der Waals surface area contributed by atoms with Crippen LogP contribution in [-0.2, 0) is 11.1 Å². The third-order valence-corrected chi connectivity index (χ3v) is 2.46. The normalized spacial score (nSPS) is 12.5. The maximum atomic E-state index is 13.3. The van der Waals surface area contributed by atoms with Crippen molar-refractivity contribution in [3.05, 3.63) is 29.1 Å². The van der Waals surface area contributed by atoms with Crippen LogP contribution in [0.1, 0.15) is 15.9 Å². The van der Waals surface area contributed by atoms with E-state index >= 15 is 0 Å². The molecule has 0 radical (unpaired) electrons. The molecule has 2 N–H and O–H groups in total. The maximum absolute atomic E-state index is 13.3. The number of halogens is 1. The molecule has 0 aliphatic carbocycles. The topological polar surface area (TPSA) is 74.6 Å². The molecular weight excluding hydrogens is 211 g/mol. The van der Waals surface area contributed by atoms with E-state index in [1.54, 1.807) is 0 Å². The molecule has 0 aliphatic rings. The van der Waals surface area contributed by atoms with E-state index in [0.717, 1.165) is 12.1 Å². The second kappa shape index (κ2) is 3.85. The molecule has 1 rings (SSSR count). The van der Waals surface area contributed by atoms with Gasteiger partial charge in [-0.1, -0.05) is 0 Å². The molecule has 1 atom stereocenters. The Morgan fingerprint density at radius 1 is 1.50 bits per heavy atom. The first-order chi connectivity index (χ1) is 6.45. The zero-order chi connectivity index (χ0) is 10.9. The highest BCUT2D eigenvalue weighted by Crippen LogP contribution is 2.19. The van der Waals surface area contributed by atoms with Gasteiger partial charge in [-0.05, 0) is 19.1 Å². The molecule has 1 unspecified atom stereocenters. The summed E-state index contributed by atoms with van der Waals surface area (Å²) >= 11 is -2.44. The van der Waals surface area contributed by atoms with E-state index in [9.17, 15) is 13.4 Å². The molecule has 0 aromatic heterocycles. The minimum Gasteiger partial charge on any atom is -0.478 e. The van der Waals surface area contributed by atoms with Crippen molar-refractivity contribution in [3.8, 4) is 0 Å². The number of rotatable bonds is 2. The van der Waals surface area contributed by atoms with Crippen molar-refractivity contribution in [1.29, 1.82) is 0 Å². The van der Waals surface area contributed by atoms with Crippen LogP contribution in [0, 0.1) is 12.7 Å². The summed E-state index contributed by atoms with van der Waals surface area (Å²) in [6.45, 7) is 1.25. The molecule has 0 bridgehead atoms. The summed E-state index contributed by atoms with van der Waals surface area (Å²) in [6, 6.07) is 2.09. The summed E-state index contributed by atoms with van der Waals surface area (Å²) in [7, 11) is 0. The van der Waals surface area contributed by atoms with Crippen molar-refractivity contribution in [3.63, 3.8) is 0 Å². The highest BCUT2D eigenvalue weighted by Gasteiger charge is 2.16. The van der Waals surface area contributed by atoms with Gasteiger partial charge in [-0.2, -0.15) is 0 Å². The van der Waals surface area contributed by atoms with E-state index in [0.29, 0.717) is 0 Å². The molecule has 0 heterocycles. The monoisotopic (exact) mass is 218 g/mol. The fraction of sp³-hybridized carbons (Fsp3) is 0.125. The van der Waals surface area contributed by atoms with Crippen LogP contribution < -0.4 is 0 Å². The van der Waals surface area contributed by atoms with Gasteiger partial charge in [-0.3, -0.25) is 0 Å². The highest BCUT2D eigenvalue weighted by atomic mass is 32.2. The lowest BCUT2D eigenvalue weighted by Crippen LogP contribution is -2.05. The third-order valence-electron chi connectivity index (χ3n) is 1.77. The molecule has 0 fully saturated rings. The van der Waals surface area contributed by atoms with Gasteiger partial charge in [0, 0.05) is 5.56 Å². The maximum Gasteiger partial charge on any atom is 0.336 e. The predicted molar refractivity (Wildman–Crippen MR) is 47.1 cm³/mol. The average Bonchev–Trinajstić information content (AvgIpc) is 2.08.